The van der Waals surface area contributed by atoms with Crippen molar-refractivity contribution in [1.82, 2.24) is 4.98 Å². The Morgan fingerprint density at radius 1 is 1.20 bits per heavy atom. The molecule has 4 heteroatoms. The smallest absolute Gasteiger partial charge is 0.227 e. The molecule has 0 saturated carbocycles. The lowest BCUT2D eigenvalue weighted by Crippen LogP contribution is -1.87. The maximum atomic E-state index is 8.96. The summed E-state index contributed by atoms with van der Waals surface area (Å²) in [5.74, 6) is 0.391. The Morgan fingerprint density at radius 2 is 1.95 bits per heavy atom. The van der Waals surface area contributed by atoms with Crippen molar-refractivity contribution in [3.05, 3.63) is 53.1 Å². The third-order valence-corrected chi connectivity index (χ3v) is 3.45. The minimum atomic E-state index is -0.163. The minimum Gasteiger partial charge on any atom is -0.436 e. The van der Waals surface area contributed by atoms with E-state index in [2.05, 4.69) is 11.1 Å². The molecule has 3 rings (SSSR count). The Labute approximate surface area is 121 Å². The summed E-state index contributed by atoms with van der Waals surface area (Å²) in [5.41, 5.74) is 3.28. The van der Waals surface area contributed by atoms with Crippen LogP contribution in [0.25, 0.3) is 22.6 Å². The first-order chi connectivity index (χ1) is 9.67. The van der Waals surface area contributed by atoms with Gasteiger partial charge in [-0.2, -0.15) is 5.26 Å². The molecule has 1 aromatic heterocycles. The van der Waals surface area contributed by atoms with Crippen molar-refractivity contribution in [1.29, 1.82) is 5.26 Å². The van der Waals surface area contributed by atoms with Crippen LogP contribution in [0.3, 0.4) is 0 Å². The highest BCUT2D eigenvalue weighted by molar-refractivity contribution is 6.30. The number of rotatable bonds is 2. The normalized spacial score (nSPS) is 12.2. The molecule has 98 valence electrons. The van der Waals surface area contributed by atoms with Gasteiger partial charge in [0.05, 0.1) is 12.0 Å². The van der Waals surface area contributed by atoms with Gasteiger partial charge in [0.1, 0.15) is 5.52 Å². The average Bonchev–Trinajstić information content (AvgIpc) is 2.90. The van der Waals surface area contributed by atoms with Crippen LogP contribution in [0.15, 0.2) is 46.9 Å². The molecule has 0 aliphatic heterocycles. The van der Waals surface area contributed by atoms with E-state index >= 15 is 0 Å². The number of hydrogen-bond donors (Lipinski definition) is 0. The van der Waals surface area contributed by atoms with Crippen LogP contribution in [0.5, 0.6) is 0 Å². The van der Waals surface area contributed by atoms with E-state index < -0.39 is 0 Å². The second-order valence-electron chi connectivity index (χ2n) is 4.60. The number of fused-ring (bicyclic) bond motifs is 1. The molecule has 0 aliphatic rings. The van der Waals surface area contributed by atoms with Crippen LogP contribution < -0.4 is 0 Å². The van der Waals surface area contributed by atoms with Crippen molar-refractivity contribution in [3.63, 3.8) is 0 Å². The Morgan fingerprint density at radius 3 is 2.65 bits per heavy atom. The number of nitriles is 1. The molecular formula is C16H11ClN2O. The summed E-state index contributed by atoms with van der Waals surface area (Å²) in [6, 6.07) is 15.2. The standard InChI is InChI=1S/C16H11ClN2O/c1-10(9-18)12-4-7-14-15(8-12)20-16(19-14)11-2-5-13(17)6-3-11/h2-8,10H,1H3. The molecular weight excluding hydrogens is 272 g/mol. The van der Waals surface area contributed by atoms with Gasteiger partial charge < -0.3 is 4.42 Å². The highest BCUT2D eigenvalue weighted by Crippen LogP contribution is 2.27. The quantitative estimate of drug-likeness (QED) is 0.680. The summed E-state index contributed by atoms with van der Waals surface area (Å²) in [6.07, 6.45) is 0. The van der Waals surface area contributed by atoms with Crippen LogP contribution in [0.2, 0.25) is 5.02 Å². The van der Waals surface area contributed by atoms with Gasteiger partial charge in [-0.15, -0.1) is 0 Å². The van der Waals surface area contributed by atoms with E-state index in [-0.39, 0.29) is 5.92 Å². The van der Waals surface area contributed by atoms with E-state index in [1.165, 1.54) is 0 Å². The number of aromatic nitrogens is 1. The molecule has 0 amide bonds. The fourth-order valence-corrected chi connectivity index (χ4v) is 2.13. The molecule has 20 heavy (non-hydrogen) atoms. The first kappa shape index (κ1) is 12.7. The topological polar surface area (TPSA) is 49.8 Å². The zero-order valence-electron chi connectivity index (χ0n) is 10.8. The van der Waals surface area contributed by atoms with Gasteiger partial charge in [-0.1, -0.05) is 17.7 Å². The third kappa shape index (κ3) is 2.26. The molecule has 1 atom stereocenters. The summed E-state index contributed by atoms with van der Waals surface area (Å²) in [4.78, 5) is 4.45. The Kier molecular flexibility index (Phi) is 3.17. The summed E-state index contributed by atoms with van der Waals surface area (Å²) >= 11 is 5.87. The first-order valence-electron chi connectivity index (χ1n) is 6.23. The summed E-state index contributed by atoms with van der Waals surface area (Å²) in [5, 5.41) is 9.64. The van der Waals surface area contributed by atoms with Crippen LogP contribution in [-0.2, 0) is 0 Å². The minimum absolute atomic E-state index is 0.163. The number of hydrogen-bond acceptors (Lipinski definition) is 3. The lowest BCUT2D eigenvalue weighted by Gasteiger charge is -2.00. The Balaban J connectivity index is 2.07. The van der Waals surface area contributed by atoms with Crippen molar-refractivity contribution >= 4 is 22.7 Å². The SMILES string of the molecule is CC(C#N)c1ccc2nc(-c3ccc(Cl)cc3)oc2c1. The highest BCUT2D eigenvalue weighted by Gasteiger charge is 2.11. The van der Waals surface area contributed by atoms with Gasteiger partial charge in [-0.25, -0.2) is 4.98 Å². The van der Waals surface area contributed by atoms with Crippen molar-refractivity contribution in [2.45, 2.75) is 12.8 Å². The number of nitrogens with zero attached hydrogens (tertiary/aromatic N) is 2. The largest absolute Gasteiger partial charge is 0.436 e. The second-order valence-corrected chi connectivity index (χ2v) is 5.04. The molecule has 0 N–H and O–H groups in total. The third-order valence-electron chi connectivity index (χ3n) is 3.20. The predicted molar refractivity (Wildman–Crippen MR) is 78.5 cm³/mol. The molecule has 0 fully saturated rings. The van der Waals surface area contributed by atoms with Gasteiger partial charge in [0, 0.05) is 10.6 Å². The number of benzene rings is 2. The van der Waals surface area contributed by atoms with E-state index in [4.69, 9.17) is 21.3 Å². The van der Waals surface area contributed by atoms with Gasteiger partial charge in [-0.05, 0) is 48.9 Å². The Bertz CT molecular complexity index is 799. The summed E-state index contributed by atoms with van der Waals surface area (Å²) in [6.45, 7) is 1.86. The zero-order valence-corrected chi connectivity index (χ0v) is 11.6. The summed E-state index contributed by atoms with van der Waals surface area (Å²) in [7, 11) is 0. The lowest BCUT2D eigenvalue weighted by molar-refractivity contribution is 0.619. The molecule has 0 saturated heterocycles. The molecule has 0 aliphatic carbocycles. The van der Waals surface area contributed by atoms with Crippen molar-refractivity contribution in [2.75, 3.05) is 0 Å². The first-order valence-corrected chi connectivity index (χ1v) is 6.61. The summed E-state index contributed by atoms with van der Waals surface area (Å²) < 4.78 is 5.77. The molecule has 3 aromatic rings. The van der Waals surface area contributed by atoms with Crippen LogP contribution in [0, 0.1) is 11.3 Å². The van der Waals surface area contributed by atoms with E-state index in [0.29, 0.717) is 16.5 Å². The maximum absolute atomic E-state index is 8.96. The molecule has 3 nitrogen and oxygen atoms in total. The van der Waals surface area contributed by atoms with Crippen LogP contribution in [0.4, 0.5) is 0 Å². The molecule has 1 unspecified atom stereocenters. The van der Waals surface area contributed by atoms with E-state index in [0.717, 1.165) is 16.6 Å². The molecule has 0 radical (unpaired) electrons. The van der Waals surface area contributed by atoms with Gasteiger partial charge in [0.25, 0.3) is 0 Å². The molecule has 0 bridgehead atoms. The number of oxazole rings is 1. The van der Waals surface area contributed by atoms with Gasteiger partial charge in [0.2, 0.25) is 5.89 Å². The van der Waals surface area contributed by atoms with Crippen molar-refractivity contribution in [3.8, 4) is 17.5 Å². The van der Waals surface area contributed by atoms with E-state index in [9.17, 15) is 0 Å². The van der Waals surface area contributed by atoms with E-state index in [1.54, 1.807) is 12.1 Å². The van der Waals surface area contributed by atoms with Gasteiger partial charge in [-0.3, -0.25) is 0 Å². The van der Waals surface area contributed by atoms with E-state index in [1.807, 2.05) is 37.3 Å². The predicted octanol–water partition coefficient (Wildman–Crippen LogP) is 4.78. The maximum Gasteiger partial charge on any atom is 0.227 e. The van der Waals surface area contributed by atoms with Crippen LogP contribution in [0.1, 0.15) is 18.4 Å². The Hall–Kier alpha value is -2.31. The van der Waals surface area contributed by atoms with Gasteiger partial charge >= 0.3 is 0 Å². The van der Waals surface area contributed by atoms with Gasteiger partial charge in [0.15, 0.2) is 5.58 Å². The van der Waals surface area contributed by atoms with Crippen molar-refractivity contribution < 1.29 is 4.42 Å². The fourth-order valence-electron chi connectivity index (χ4n) is 2.00. The highest BCUT2D eigenvalue weighted by atomic mass is 35.5. The second kappa shape index (κ2) is 4.99. The van der Waals surface area contributed by atoms with Crippen molar-refractivity contribution in [2.24, 2.45) is 0 Å². The number of halogens is 1. The zero-order chi connectivity index (χ0) is 14.1. The molecule has 2 aromatic carbocycles. The molecule has 1 heterocycles. The molecule has 0 spiro atoms. The average molecular weight is 283 g/mol. The fraction of sp³-hybridized carbons (Fsp3) is 0.125. The monoisotopic (exact) mass is 282 g/mol. The lowest BCUT2D eigenvalue weighted by atomic mass is 10.0. The van der Waals surface area contributed by atoms with Crippen LogP contribution in [-0.4, -0.2) is 4.98 Å². The van der Waals surface area contributed by atoms with Crippen LogP contribution >= 0.6 is 11.6 Å².